The van der Waals surface area contributed by atoms with Gasteiger partial charge in [0.05, 0.1) is 5.69 Å². The van der Waals surface area contributed by atoms with Crippen LogP contribution in [-0.4, -0.2) is 11.8 Å². The molecule has 3 aromatic rings. The molecule has 0 bridgehead atoms. The lowest BCUT2D eigenvalue weighted by molar-refractivity contribution is -0.123. The Morgan fingerprint density at radius 2 is 1.43 bits per heavy atom. The monoisotopic (exact) mass is 378 g/mol. The summed E-state index contributed by atoms with van der Waals surface area (Å²) in [6.45, 7) is 0.447. The van der Waals surface area contributed by atoms with Gasteiger partial charge in [0.15, 0.2) is 0 Å². The molecule has 0 aliphatic carbocycles. The number of carbonyl (C=O) groups excluding carboxylic acids is 2. The minimum absolute atomic E-state index is 0.0419. The molecule has 142 valence electrons. The number of hydrogen-bond acceptors (Lipinski definition) is 3. The van der Waals surface area contributed by atoms with E-state index in [9.17, 15) is 14.0 Å². The fraction of sp³-hybridized carbons (Fsp3) is 0.0909. The third kappa shape index (κ3) is 5.67. The summed E-state index contributed by atoms with van der Waals surface area (Å²) in [7, 11) is 0. The van der Waals surface area contributed by atoms with E-state index in [4.69, 9.17) is 4.74 Å². The van der Waals surface area contributed by atoms with Gasteiger partial charge in [-0.15, -0.1) is 0 Å². The topological polar surface area (TPSA) is 67.4 Å². The number of amides is 2. The zero-order valence-corrected chi connectivity index (χ0v) is 15.0. The zero-order valence-electron chi connectivity index (χ0n) is 15.0. The second kappa shape index (κ2) is 9.32. The van der Waals surface area contributed by atoms with Crippen LogP contribution in [0.5, 0.6) is 5.75 Å². The van der Waals surface area contributed by atoms with Gasteiger partial charge in [0, 0.05) is 5.69 Å². The van der Waals surface area contributed by atoms with Crippen LogP contribution in [0.1, 0.15) is 12.0 Å². The van der Waals surface area contributed by atoms with Gasteiger partial charge in [-0.3, -0.25) is 9.59 Å². The molecule has 0 unspecified atom stereocenters. The minimum atomic E-state index is -0.592. The molecule has 0 aliphatic heterocycles. The Bertz CT molecular complexity index is 944. The third-order valence-electron chi connectivity index (χ3n) is 3.86. The van der Waals surface area contributed by atoms with Crippen molar-refractivity contribution in [3.8, 4) is 5.75 Å². The minimum Gasteiger partial charge on any atom is -0.489 e. The zero-order chi connectivity index (χ0) is 19.8. The molecular weight excluding hydrogens is 359 g/mol. The van der Waals surface area contributed by atoms with Crippen molar-refractivity contribution < 1.29 is 18.7 Å². The van der Waals surface area contributed by atoms with Crippen LogP contribution in [0.3, 0.4) is 0 Å². The first-order valence-electron chi connectivity index (χ1n) is 8.71. The highest BCUT2D eigenvalue weighted by molar-refractivity contribution is 6.08. The highest BCUT2D eigenvalue weighted by Crippen LogP contribution is 2.17. The van der Waals surface area contributed by atoms with E-state index in [2.05, 4.69) is 10.6 Å². The average Bonchev–Trinajstić information content (AvgIpc) is 2.70. The Hall–Kier alpha value is -3.67. The van der Waals surface area contributed by atoms with E-state index in [1.807, 2.05) is 30.3 Å². The summed E-state index contributed by atoms with van der Waals surface area (Å²) in [6, 6.07) is 22.4. The van der Waals surface area contributed by atoms with Crippen LogP contribution in [0, 0.1) is 5.82 Å². The van der Waals surface area contributed by atoms with Gasteiger partial charge < -0.3 is 15.4 Å². The van der Waals surface area contributed by atoms with Crippen LogP contribution in [0.25, 0.3) is 0 Å². The molecule has 2 amide bonds. The smallest absolute Gasteiger partial charge is 0.233 e. The van der Waals surface area contributed by atoms with Crippen molar-refractivity contribution in [2.75, 3.05) is 10.6 Å². The number of anilines is 2. The molecule has 0 aliphatic rings. The number of benzene rings is 3. The Balaban J connectivity index is 1.47. The molecule has 3 aromatic carbocycles. The lowest BCUT2D eigenvalue weighted by atomic mass is 10.2. The largest absolute Gasteiger partial charge is 0.489 e. The van der Waals surface area contributed by atoms with Crippen LogP contribution in [0.2, 0.25) is 0 Å². The van der Waals surface area contributed by atoms with Gasteiger partial charge in [0.25, 0.3) is 0 Å². The molecule has 0 heterocycles. The van der Waals surface area contributed by atoms with E-state index in [0.29, 0.717) is 18.0 Å². The molecule has 0 fully saturated rings. The van der Waals surface area contributed by atoms with Crippen molar-refractivity contribution in [1.82, 2.24) is 0 Å². The van der Waals surface area contributed by atoms with E-state index in [0.717, 1.165) is 5.56 Å². The summed E-state index contributed by atoms with van der Waals surface area (Å²) in [5, 5.41) is 5.00. The van der Waals surface area contributed by atoms with Gasteiger partial charge in [0.2, 0.25) is 11.8 Å². The number of rotatable bonds is 7. The lowest BCUT2D eigenvalue weighted by Crippen LogP contribution is -2.21. The molecule has 2 N–H and O–H groups in total. The van der Waals surface area contributed by atoms with Crippen LogP contribution < -0.4 is 15.4 Å². The standard InChI is InChI=1S/C22H19FN2O3/c23-19-8-4-5-9-20(19)25-22(27)14-21(26)24-17-10-12-18(13-11-17)28-15-16-6-2-1-3-7-16/h1-13H,14-15H2,(H,24,26)(H,25,27). The second-order valence-corrected chi connectivity index (χ2v) is 6.05. The summed E-state index contributed by atoms with van der Waals surface area (Å²) < 4.78 is 19.2. The molecule has 6 heteroatoms. The molecule has 28 heavy (non-hydrogen) atoms. The lowest BCUT2D eigenvalue weighted by Gasteiger charge is -2.09. The average molecular weight is 378 g/mol. The number of ether oxygens (including phenoxy) is 1. The molecule has 0 atom stereocenters. The van der Waals surface area contributed by atoms with E-state index < -0.39 is 24.1 Å². The number of carbonyl (C=O) groups is 2. The predicted octanol–water partition coefficient (Wildman–Crippen LogP) is 4.37. The van der Waals surface area contributed by atoms with E-state index in [1.54, 1.807) is 30.3 Å². The summed E-state index contributed by atoms with van der Waals surface area (Å²) in [5.41, 5.74) is 1.64. The summed E-state index contributed by atoms with van der Waals surface area (Å²) >= 11 is 0. The van der Waals surface area contributed by atoms with Crippen molar-refractivity contribution >= 4 is 23.2 Å². The van der Waals surface area contributed by atoms with Crippen molar-refractivity contribution in [2.45, 2.75) is 13.0 Å². The Labute approximate surface area is 162 Å². The summed E-state index contributed by atoms with van der Waals surface area (Å²) in [5.74, 6) is -0.973. The van der Waals surface area contributed by atoms with Crippen molar-refractivity contribution in [3.63, 3.8) is 0 Å². The van der Waals surface area contributed by atoms with Crippen LogP contribution in [0.4, 0.5) is 15.8 Å². The SMILES string of the molecule is O=C(CC(=O)Nc1ccccc1F)Nc1ccc(OCc2ccccc2)cc1. The molecule has 0 radical (unpaired) electrons. The van der Waals surface area contributed by atoms with Crippen LogP contribution in [-0.2, 0) is 16.2 Å². The molecule has 0 aromatic heterocycles. The number of hydrogen-bond donors (Lipinski definition) is 2. The Morgan fingerprint density at radius 1 is 0.786 bits per heavy atom. The molecule has 0 spiro atoms. The van der Waals surface area contributed by atoms with Crippen molar-refractivity contribution in [3.05, 3.63) is 90.2 Å². The van der Waals surface area contributed by atoms with Crippen molar-refractivity contribution in [2.24, 2.45) is 0 Å². The first-order valence-corrected chi connectivity index (χ1v) is 8.71. The number of halogens is 1. The highest BCUT2D eigenvalue weighted by Gasteiger charge is 2.12. The van der Waals surface area contributed by atoms with Gasteiger partial charge in [-0.1, -0.05) is 42.5 Å². The van der Waals surface area contributed by atoms with Gasteiger partial charge in [0.1, 0.15) is 24.6 Å². The van der Waals surface area contributed by atoms with Crippen molar-refractivity contribution in [1.29, 1.82) is 0 Å². The molecule has 5 nitrogen and oxygen atoms in total. The van der Waals surface area contributed by atoms with E-state index >= 15 is 0 Å². The normalized spacial score (nSPS) is 10.2. The van der Waals surface area contributed by atoms with E-state index in [-0.39, 0.29) is 5.69 Å². The van der Waals surface area contributed by atoms with Gasteiger partial charge in [-0.25, -0.2) is 4.39 Å². The molecular formula is C22H19FN2O3. The molecule has 0 saturated heterocycles. The molecule has 3 rings (SSSR count). The fourth-order valence-corrected chi connectivity index (χ4v) is 2.48. The van der Waals surface area contributed by atoms with Gasteiger partial charge >= 0.3 is 0 Å². The van der Waals surface area contributed by atoms with Gasteiger partial charge in [-0.05, 0) is 42.0 Å². The summed E-state index contributed by atoms with van der Waals surface area (Å²) in [6.07, 6.45) is -0.416. The van der Waals surface area contributed by atoms with Gasteiger partial charge in [-0.2, -0.15) is 0 Å². The Kier molecular flexibility index (Phi) is 6.36. The maximum atomic E-state index is 13.5. The third-order valence-corrected chi connectivity index (χ3v) is 3.86. The van der Waals surface area contributed by atoms with Crippen LogP contribution in [0.15, 0.2) is 78.9 Å². The maximum absolute atomic E-state index is 13.5. The predicted molar refractivity (Wildman–Crippen MR) is 105 cm³/mol. The Morgan fingerprint density at radius 3 is 2.14 bits per heavy atom. The van der Waals surface area contributed by atoms with Crippen LogP contribution >= 0.6 is 0 Å². The fourth-order valence-electron chi connectivity index (χ4n) is 2.48. The highest BCUT2D eigenvalue weighted by atomic mass is 19.1. The molecule has 0 saturated carbocycles. The number of nitrogens with one attached hydrogen (secondary N) is 2. The van der Waals surface area contributed by atoms with E-state index in [1.165, 1.54) is 18.2 Å². The maximum Gasteiger partial charge on any atom is 0.233 e. The second-order valence-electron chi connectivity index (χ2n) is 6.05. The summed E-state index contributed by atoms with van der Waals surface area (Å²) in [4.78, 5) is 23.9. The first kappa shape index (κ1) is 19.1. The quantitative estimate of drug-likeness (QED) is 0.600. The number of para-hydroxylation sites is 1. The first-order chi connectivity index (χ1) is 13.6.